The number of hydrogen-bond acceptors (Lipinski definition) is 13. The summed E-state index contributed by atoms with van der Waals surface area (Å²) in [6, 6.07) is 30.8. The van der Waals surface area contributed by atoms with E-state index in [1.165, 1.54) is 106 Å². The monoisotopic (exact) mass is 1210 g/mol. The Morgan fingerprint density at radius 2 is 1.13 bits per heavy atom. The molecule has 448 valence electrons. The number of halogens is 1. The van der Waals surface area contributed by atoms with Gasteiger partial charge in [0.15, 0.2) is 0 Å². The van der Waals surface area contributed by atoms with E-state index >= 15 is 0 Å². The van der Waals surface area contributed by atoms with Crippen molar-refractivity contribution in [2.75, 3.05) is 67.9 Å². The third-order valence-corrected chi connectivity index (χ3v) is 21.0. The number of pyridine rings is 3. The van der Waals surface area contributed by atoms with Crippen LogP contribution in [0.4, 0.5) is 21.5 Å². The summed E-state index contributed by atoms with van der Waals surface area (Å²) in [5, 5.41) is 15.5. The number of aryl methyl sites for hydroxylation is 6. The number of nitrogens with one attached hydrogen (secondary N) is 4. The van der Waals surface area contributed by atoms with Crippen LogP contribution in [0.3, 0.4) is 0 Å². The lowest BCUT2D eigenvalue weighted by Gasteiger charge is -2.34. The van der Waals surface area contributed by atoms with Crippen molar-refractivity contribution in [2.24, 2.45) is 11.8 Å². The molecule has 6 aromatic heterocycles. The first-order valence-electron chi connectivity index (χ1n) is 30.5. The van der Waals surface area contributed by atoms with E-state index in [0.717, 1.165) is 145 Å². The number of piperidine rings is 2. The van der Waals surface area contributed by atoms with Gasteiger partial charge in [-0.25, -0.2) is 19.3 Å². The maximum absolute atomic E-state index is 14.8. The number of thiophene rings is 3. The summed E-state index contributed by atoms with van der Waals surface area (Å²) >= 11 is 4.27. The molecule has 2 atom stereocenters. The van der Waals surface area contributed by atoms with Gasteiger partial charge in [-0.05, 0) is 229 Å². The van der Waals surface area contributed by atoms with Gasteiger partial charge in [0.2, 0.25) is 0 Å². The Morgan fingerprint density at radius 1 is 0.593 bits per heavy atom. The van der Waals surface area contributed by atoms with Crippen molar-refractivity contribution in [3.05, 3.63) is 173 Å². The Labute approximate surface area is 516 Å². The Bertz CT molecular complexity index is 3950. The van der Waals surface area contributed by atoms with Gasteiger partial charge in [0.1, 0.15) is 25.2 Å². The molecule has 13 rings (SSSR count). The minimum atomic E-state index is -0.146. The van der Waals surface area contributed by atoms with E-state index in [4.69, 9.17) is 5.73 Å². The lowest BCUT2D eigenvalue weighted by Crippen LogP contribution is -2.36. The number of fused-ring (bicyclic) bond motifs is 6. The average Bonchev–Trinajstić information content (AvgIpc) is 3.11. The van der Waals surface area contributed by atoms with Crippen molar-refractivity contribution in [3.8, 4) is 0 Å². The molecule has 2 saturated heterocycles. The molecule has 86 heavy (non-hydrogen) atoms. The summed E-state index contributed by atoms with van der Waals surface area (Å²) in [4.78, 5) is 60.9. The highest BCUT2D eigenvalue weighted by Crippen LogP contribution is 2.39. The molecule has 1 aliphatic carbocycles. The number of anilines is 3. The van der Waals surface area contributed by atoms with E-state index in [0.29, 0.717) is 41.5 Å². The van der Waals surface area contributed by atoms with E-state index in [2.05, 4.69) is 95.4 Å². The summed E-state index contributed by atoms with van der Waals surface area (Å²) < 4.78 is 14.8. The van der Waals surface area contributed by atoms with Crippen molar-refractivity contribution < 1.29 is 18.8 Å². The minimum Gasteiger partial charge on any atom is -0.397 e. The molecule has 3 aromatic carbocycles. The molecule has 3 fully saturated rings. The number of hydrogen-bond donors (Lipinski definition) is 5. The minimum absolute atomic E-state index is 0.00257. The van der Waals surface area contributed by atoms with Crippen LogP contribution in [0.5, 0.6) is 0 Å². The first-order chi connectivity index (χ1) is 41.6. The summed E-state index contributed by atoms with van der Waals surface area (Å²) in [6.07, 6.45) is 11.1. The highest BCUT2D eigenvalue weighted by Gasteiger charge is 2.34. The van der Waals surface area contributed by atoms with Crippen molar-refractivity contribution >= 4 is 99.4 Å². The zero-order valence-corrected chi connectivity index (χ0v) is 52.8. The Morgan fingerprint density at radius 3 is 1.72 bits per heavy atom. The van der Waals surface area contributed by atoms with E-state index in [1.54, 1.807) is 6.07 Å². The van der Waals surface area contributed by atoms with Crippen LogP contribution in [0.15, 0.2) is 91.0 Å². The van der Waals surface area contributed by atoms with E-state index in [9.17, 15) is 18.8 Å². The van der Waals surface area contributed by atoms with Crippen LogP contribution < -0.4 is 36.8 Å². The fraction of sp³-hybridized carbons (Fsp3) is 0.391. The topological polar surface area (TPSA) is 170 Å². The number of nitrogens with zero attached hydrogens (tertiary/aromatic N) is 5. The lowest BCUT2D eigenvalue weighted by molar-refractivity contribution is 0.0949. The molecule has 13 nitrogen and oxygen atoms in total. The number of nitrogens with two attached hydrogens (primary N) is 1. The van der Waals surface area contributed by atoms with Crippen LogP contribution in [0, 0.1) is 59.2 Å². The standard InChI is InChI=1S/C25H28FN3OS.C23H28N4OS.C21H23N3OS/c1-15-3-7-20-16(2)23(31-25(20)28-15)24(30)27-10-9-17-6-8-22(21(26)12-17)29-13-18-4-5-19(11-18)14-29;1-15-14-18(27-12-4-3-5-13-27)8-7-17(15)10-11-25-22(28)21-20(24)19-9-6-16(2)26-23(19)29-21;1-13-3-6-18-14(2)19(26-21(18)24-13)20(25)23-10-7-15-4-5-16-8-9-22-12-17(16)11-15/h3,6-8,12,18-19H,4-5,9-11,13-14H2,1-2H3,(H,27,30);6-9,14H,3-5,10-13,24H2,1-2H3,(H,25,28);3-6,11,22H,7-10,12H2,1-2H3,(H,23,25). The van der Waals surface area contributed by atoms with Gasteiger partial charge in [-0.2, -0.15) is 0 Å². The maximum atomic E-state index is 14.8. The summed E-state index contributed by atoms with van der Waals surface area (Å²) in [5.41, 5.74) is 21.2. The van der Waals surface area contributed by atoms with Gasteiger partial charge in [-0.15, -0.1) is 34.0 Å². The highest BCUT2D eigenvalue weighted by molar-refractivity contribution is 7.21. The van der Waals surface area contributed by atoms with Gasteiger partial charge in [0.25, 0.3) is 17.7 Å². The van der Waals surface area contributed by atoms with Crippen LogP contribution in [-0.4, -0.2) is 85.0 Å². The maximum Gasteiger partial charge on any atom is 0.263 e. The van der Waals surface area contributed by atoms with Crippen molar-refractivity contribution in [1.29, 1.82) is 0 Å². The molecule has 2 bridgehead atoms. The predicted molar refractivity (Wildman–Crippen MR) is 354 cm³/mol. The molecular formula is C69H79FN10O3S3. The number of carbonyl (C=O) groups excluding carboxylic acids is 3. The number of amides is 3. The van der Waals surface area contributed by atoms with Crippen LogP contribution in [0.2, 0.25) is 0 Å². The first-order valence-corrected chi connectivity index (χ1v) is 33.0. The molecule has 3 amide bonds. The molecular weight excluding hydrogens is 1130 g/mol. The average molecular weight is 1210 g/mol. The summed E-state index contributed by atoms with van der Waals surface area (Å²) in [7, 11) is 0. The molecule has 3 aliphatic heterocycles. The summed E-state index contributed by atoms with van der Waals surface area (Å²) in [5.74, 6) is 1.11. The van der Waals surface area contributed by atoms with Crippen molar-refractivity contribution in [1.82, 2.24) is 36.2 Å². The smallest absolute Gasteiger partial charge is 0.263 e. The van der Waals surface area contributed by atoms with Gasteiger partial charge in [-0.3, -0.25) is 14.4 Å². The zero-order valence-electron chi connectivity index (χ0n) is 50.4. The molecule has 4 aliphatic rings. The van der Waals surface area contributed by atoms with Crippen LogP contribution in [-0.2, 0) is 32.2 Å². The highest BCUT2D eigenvalue weighted by atomic mass is 32.1. The number of aromatic nitrogens is 3. The fourth-order valence-corrected chi connectivity index (χ4v) is 16.0. The molecule has 6 N–H and O–H groups in total. The van der Waals surface area contributed by atoms with E-state index in [1.807, 2.05) is 77.1 Å². The van der Waals surface area contributed by atoms with Crippen LogP contribution >= 0.6 is 34.0 Å². The SMILES string of the molecule is Cc1ccc2c(C)c(C(=O)NCCc3ccc(N4CC5CCC(C5)C4)c(F)c3)sc2n1.Cc1ccc2c(C)c(C(=O)NCCc3ccc4c(c3)CNCC4)sc2n1.Cc1ccc2c(N)c(C(=O)NCCc3ccc(N4CCCCC4)cc3C)sc2n1. The van der Waals surface area contributed by atoms with E-state index < -0.39 is 0 Å². The van der Waals surface area contributed by atoms with Gasteiger partial charge in [0.05, 0.1) is 21.1 Å². The second kappa shape index (κ2) is 27.2. The number of benzene rings is 3. The summed E-state index contributed by atoms with van der Waals surface area (Å²) in [6.45, 7) is 20.0. The third kappa shape index (κ3) is 14.1. The Hall–Kier alpha value is -7.31. The number of rotatable bonds is 14. The molecule has 2 unspecified atom stereocenters. The fourth-order valence-electron chi connectivity index (χ4n) is 12.6. The lowest BCUT2D eigenvalue weighted by atomic mass is 9.97. The predicted octanol–water partition coefficient (Wildman–Crippen LogP) is 13.3. The molecule has 1 saturated carbocycles. The molecule has 0 spiro atoms. The Balaban J connectivity index is 0.000000134. The quantitative estimate of drug-likeness (QED) is 0.0706. The second-order valence-corrected chi connectivity index (χ2v) is 26.8. The molecule has 0 radical (unpaired) electrons. The van der Waals surface area contributed by atoms with Gasteiger partial charge in [-0.1, -0.05) is 30.3 Å². The van der Waals surface area contributed by atoms with Crippen molar-refractivity contribution in [3.63, 3.8) is 0 Å². The molecule has 9 heterocycles. The third-order valence-electron chi connectivity index (χ3n) is 17.5. The normalized spacial score (nSPS) is 16.3. The van der Waals surface area contributed by atoms with Crippen LogP contribution in [0.25, 0.3) is 30.6 Å². The molecule has 9 aromatic rings. The van der Waals surface area contributed by atoms with Gasteiger partial charge in [0, 0.05) is 91.3 Å². The molecule has 17 heteroatoms. The Kier molecular flexibility index (Phi) is 19.1. The van der Waals surface area contributed by atoms with Crippen LogP contribution in [0.1, 0.15) is 129 Å². The van der Waals surface area contributed by atoms with E-state index in [-0.39, 0.29) is 23.5 Å². The zero-order chi connectivity index (χ0) is 60.0. The van der Waals surface area contributed by atoms with Crippen molar-refractivity contribution in [2.45, 2.75) is 112 Å². The van der Waals surface area contributed by atoms with Gasteiger partial charge >= 0.3 is 0 Å². The number of carbonyl (C=O) groups is 3. The first kappa shape index (κ1) is 60.4. The van der Waals surface area contributed by atoms with Gasteiger partial charge < -0.3 is 36.8 Å². The number of nitrogen functional groups attached to an aromatic ring is 1. The largest absolute Gasteiger partial charge is 0.397 e. The second-order valence-electron chi connectivity index (χ2n) is 23.8.